The summed E-state index contributed by atoms with van der Waals surface area (Å²) in [6, 6.07) is 0. The minimum atomic E-state index is -1.76. The van der Waals surface area contributed by atoms with Crippen molar-refractivity contribution in [2.24, 2.45) is 23.2 Å². The Bertz CT molecular complexity index is 748. The van der Waals surface area contributed by atoms with E-state index in [2.05, 4.69) is 31.4 Å². The minimum absolute atomic E-state index is 0.0794. The fourth-order valence-electron chi connectivity index (χ4n) is 6.84. The highest BCUT2D eigenvalue weighted by molar-refractivity contribution is 5.39. The highest BCUT2D eigenvalue weighted by Gasteiger charge is 2.50. The van der Waals surface area contributed by atoms with Crippen molar-refractivity contribution in [1.29, 1.82) is 0 Å². The van der Waals surface area contributed by atoms with E-state index in [1.165, 1.54) is 31.3 Å². The molecule has 0 aromatic rings. The molecule has 0 aromatic heterocycles. The summed E-state index contributed by atoms with van der Waals surface area (Å²) in [7, 11) is 0. The molecule has 1 unspecified atom stereocenters. The van der Waals surface area contributed by atoms with Gasteiger partial charge in [-0.2, -0.15) is 0 Å². The van der Waals surface area contributed by atoms with Gasteiger partial charge in [-0.3, -0.25) is 0 Å². The Morgan fingerprint density at radius 3 is 2.66 bits per heavy atom. The lowest BCUT2D eigenvalue weighted by molar-refractivity contribution is -0.398. The molecule has 0 aliphatic heterocycles. The van der Waals surface area contributed by atoms with Crippen molar-refractivity contribution in [2.45, 2.75) is 109 Å². The Kier molecular flexibility index (Phi) is 7.78. The van der Waals surface area contributed by atoms with Crippen molar-refractivity contribution in [3.8, 4) is 0 Å². The molecule has 3 saturated carbocycles. The summed E-state index contributed by atoms with van der Waals surface area (Å²) >= 11 is 0. The smallest absolute Gasteiger partial charge is 0.205 e. The monoisotopic (exact) mass is 448 g/mol. The van der Waals surface area contributed by atoms with Crippen LogP contribution in [0.1, 0.15) is 91.9 Å². The van der Waals surface area contributed by atoms with Gasteiger partial charge in [0, 0.05) is 12.8 Å². The molecule has 3 aliphatic carbocycles. The molecular formula is C27H44O5. The summed E-state index contributed by atoms with van der Waals surface area (Å²) in [5, 5.41) is 39.7. The third-order valence-electron chi connectivity index (χ3n) is 8.64. The zero-order valence-electron chi connectivity index (χ0n) is 20.4. The molecule has 0 heterocycles. The van der Waals surface area contributed by atoms with Crippen LogP contribution >= 0.6 is 0 Å². The standard InChI is InChI=1S/C27H44O5/c1-18(8-6-14-25(3,4)29)22-12-13-23-20(9-7-15-26(22,23)5)10-11-21-16-27(30,32-31)17-24(28)19(21)2/h10-11,18,22-24,28-31H,2,6-9,12-17H2,1,3-5H3/t18-,22-,23?,24+,26-,27-/m1/s1. The summed E-state index contributed by atoms with van der Waals surface area (Å²) < 4.78 is 0. The normalized spacial score (nSPS) is 39.5. The van der Waals surface area contributed by atoms with Crippen molar-refractivity contribution in [1.82, 2.24) is 0 Å². The van der Waals surface area contributed by atoms with E-state index < -0.39 is 17.5 Å². The van der Waals surface area contributed by atoms with Crippen molar-refractivity contribution in [3.63, 3.8) is 0 Å². The van der Waals surface area contributed by atoms with E-state index in [9.17, 15) is 15.3 Å². The predicted octanol–water partition coefficient (Wildman–Crippen LogP) is 5.52. The SMILES string of the molecule is C=C1C(=CC=C2CCC[C@@]3(C)C2CC[C@@H]3[C@H](C)CCCC(C)(C)O)C[C@@](O)(OO)C[C@@H]1O. The molecule has 0 aromatic carbocycles. The third-order valence-corrected chi connectivity index (χ3v) is 8.64. The Labute approximate surface area is 193 Å². The number of rotatable bonds is 7. The second kappa shape index (κ2) is 9.71. The molecule has 3 aliphatic rings. The first kappa shape index (κ1) is 25.6. The van der Waals surface area contributed by atoms with Crippen molar-refractivity contribution >= 4 is 0 Å². The maximum atomic E-state index is 10.3. The first-order chi connectivity index (χ1) is 14.9. The summed E-state index contributed by atoms with van der Waals surface area (Å²) in [5.74, 6) is 0.146. The maximum Gasteiger partial charge on any atom is 0.205 e. The van der Waals surface area contributed by atoms with Crippen LogP contribution in [0.15, 0.2) is 35.5 Å². The lowest BCUT2D eigenvalue weighted by Gasteiger charge is -2.44. The molecule has 3 rings (SSSR count). The first-order valence-electron chi connectivity index (χ1n) is 12.4. The van der Waals surface area contributed by atoms with E-state index in [-0.39, 0.29) is 12.8 Å². The van der Waals surface area contributed by atoms with E-state index in [1.54, 1.807) is 0 Å². The lowest BCUT2D eigenvalue weighted by Crippen LogP contribution is -2.41. The van der Waals surface area contributed by atoms with Gasteiger partial charge < -0.3 is 15.3 Å². The van der Waals surface area contributed by atoms with Crippen LogP contribution in [-0.2, 0) is 4.89 Å². The number of hydrogen-bond donors (Lipinski definition) is 4. The van der Waals surface area contributed by atoms with Gasteiger partial charge in [-0.15, -0.1) is 0 Å². The largest absolute Gasteiger partial charge is 0.390 e. The first-order valence-corrected chi connectivity index (χ1v) is 12.4. The van der Waals surface area contributed by atoms with Gasteiger partial charge in [-0.05, 0) is 86.7 Å². The molecule has 5 heteroatoms. The number of aliphatic hydroxyl groups is 3. The Morgan fingerprint density at radius 1 is 1.28 bits per heavy atom. The van der Waals surface area contributed by atoms with Crippen LogP contribution in [0.4, 0.5) is 0 Å². The Hall–Kier alpha value is -0.980. The molecule has 0 radical (unpaired) electrons. The van der Waals surface area contributed by atoms with Crippen LogP contribution in [-0.4, -0.2) is 38.1 Å². The van der Waals surface area contributed by atoms with Crippen LogP contribution in [0.5, 0.6) is 0 Å². The average molecular weight is 449 g/mol. The molecule has 3 fully saturated rings. The van der Waals surface area contributed by atoms with Crippen LogP contribution in [0.2, 0.25) is 0 Å². The second-order valence-corrected chi connectivity index (χ2v) is 11.7. The molecule has 182 valence electrons. The van der Waals surface area contributed by atoms with Crippen LogP contribution < -0.4 is 0 Å². The van der Waals surface area contributed by atoms with Gasteiger partial charge in [-0.1, -0.05) is 51.0 Å². The van der Waals surface area contributed by atoms with E-state index in [0.29, 0.717) is 28.7 Å². The molecule has 32 heavy (non-hydrogen) atoms. The van der Waals surface area contributed by atoms with Crippen LogP contribution in [0.3, 0.4) is 0 Å². The highest BCUT2D eigenvalue weighted by Crippen LogP contribution is 2.60. The predicted molar refractivity (Wildman–Crippen MR) is 127 cm³/mol. The van der Waals surface area contributed by atoms with Crippen molar-refractivity contribution < 1.29 is 25.5 Å². The molecule has 0 amide bonds. The second-order valence-electron chi connectivity index (χ2n) is 11.7. The molecule has 5 nitrogen and oxygen atoms in total. The highest BCUT2D eigenvalue weighted by atomic mass is 17.1. The third kappa shape index (κ3) is 5.56. The summed E-state index contributed by atoms with van der Waals surface area (Å²) in [6.07, 6.45) is 12.3. The van der Waals surface area contributed by atoms with E-state index in [4.69, 9.17) is 5.26 Å². The fourth-order valence-corrected chi connectivity index (χ4v) is 6.84. The van der Waals surface area contributed by atoms with Gasteiger partial charge >= 0.3 is 0 Å². The number of allylic oxidation sites excluding steroid dienone is 3. The molecular weight excluding hydrogens is 404 g/mol. The van der Waals surface area contributed by atoms with Gasteiger partial charge in [0.2, 0.25) is 5.79 Å². The van der Waals surface area contributed by atoms with Crippen LogP contribution in [0, 0.1) is 23.2 Å². The maximum absolute atomic E-state index is 10.3. The van der Waals surface area contributed by atoms with E-state index in [1.807, 2.05) is 19.9 Å². The summed E-state index contributed by atoms with van der Waals surface area (Å²) in [4.78, 5) is 4.28. The molecule has 0 spiro atoms. The molecule has 4 N–H and O–H groups in total. The summed E-state index contributed by atoms with van der Waals surface area (Å²) in [5.41, 5.74) is 2.50. The van der Waals surface area contributed by atoms with E-state index in [0.717, 1.165) is 31.3 Å². The van der Waals surface area contributed by atoms with Crippen molar-refractivity contribution in [2.75, 3.05) is 0 Å². The fraction of sp³-hybridized carbons (Fsp3) is 0.778. The number of fused-ring (bicyclic) bond motifs is 1. The Morgan fingerprint density at radius 2 is 2.00 bits per heavy atom. The Balaban J connectivity index is 1.73. The van der Waals surface area contributed by atoms with Gasteiger partial charge in [0.1, 0.15) is 0 Å². The number of hydrogen-bond acceptors (Lipinski definition) is 5. The number of aliphatic hydroxyl groups excluding tert-OH is 1. The minimum Gasteiger partial charge on any atom is -0.390 e. The quantitative estimate of drug-likeness (QED) is 0.234. The van der Waals surface area contributed by atoms with Crippen molar-refractivity contribution in [3.05, 3.63) is 35.5 Å². The van der Waals surface area contributed by atoms with Gasteiger partial charge in [0.25, 0.3) is 0 Å². The average Bonchev–Trinajstić information content (AvgIpc) is 3.06. The van der Waals surface area contributed by atoms with E-state index >= 15 is 0 Å². The van der Waals surface area contributed by atoms with Gasteiger partial charge in [0.05, 0.1) is 11.7 Å². The zero-order valence-corrected chi connectivity index (χ0v) is 20.4. The zero-order chi connectivity index (χ0) is 23.7. The molecule has 0 saturated heterocycles. The molecule has 0 bridgehead atoms. The van der Waals surface area contributed by atoms with Gasteiger partial charge in [-0.25, -0.2) is 10.1 Å². The molecule has 6 atom stereocenters. The topological polar surface area (TPSA) is 90.2 Å². The lowest BCUT2D eigenvalue weighted by atomic mass is 9.60. The van der Waals surface area contributed by atoms with Gasteiger partial charge in [0.15, 0.2) is 0 Å². The summed E-state index contributed by atoms with van der Waals surface area (Å²) in [6.45, 7) is 12.6. The van der Waals surface area contributed by atoms with Crippen LogP contribution in [0.25, 0.3) is 0 Å².